The fourth-order valence-electron chi connectivity index (χ4n) is 6.20. The Morgan fingerprint density at radius 2 is 0.770 bits per heavy atom. The molecule has 0 fully saturated rings. The van der Waals surface area contributed by atoms with E-state index in [2.05, 4.69) is 41.2 Å². The number of ether oxygens (including phenoxy) is 1. The van der Waals surface area contributed by atoms with Crippen molar-refractivity contribution >= 4 is 56.7 Å². The van der Waals surface area contributed by atoms with Crippen LogP contribution in [0.3, 0.4) is 0 Å². The van der Waals surface area contributed by atoms with Gasteiger partial charge in [-0.05, 0) is 103 Å². The fourth-order valence-corrected chi connectivity index (χ4v) is 6.73. The first-order valence-corrected chi connectivity index (χ1v) is 20.9. The van der Waals surface area contributed by atoms with Gasteiger partial charge in [0, 0.05) is 35.6 Å². The molecule has 5 N–H and O–H groups in total. The summed E-state index contributed by atoms with van der Waals surface area (Å²) in [5.74, 6) is 4.06. The van der Waals surface area contributed by atoms with E-state index in [0.29, 0.717) is 65.9 Å². The van der Waals surface area contributed by atoms with Gasteiger partial charge in [0.15, 0.2) is 0 Å². The highest BCUT2D eigenvalue weighted by atomic mass is 32.2. The second-order valence-corrected chi connectivity index (χ2v) is 15.2. The molecule has 15 heteroatoms. The molecule has 0 unspecified atom stereocenters. The van der Waals surface area contributed by atoms with E-state index in [0.717, 1.165) is 34.6 Å². The lowest BCUT2D eigenvalue weighted by molar-refractivity contribution is 0.481. The first-order chi connectivity index (χ1) is 29.8. The number of anilines is 8. The van der Waals surface area contributed by atoms with E-state index < -0.39 is 10.1 Å². The van der Waals surface area contributed by atoms with Gasteiger partial charge in [0.25, 0.3) is 10.1 Å². The second-order valence-electron chi connectivity index (χ2n) is 13.8. The van der Waals surface area contributed by atoms with Crippen LogP contribution in [0.1, 0.15) is 22.8 Å². The third kappa shape index (κ3) is 11.7. The molecule has 2 aromatic heterocycles. The topological polar surface area (TPSA) is 189 Å². The highest BCUT2D eigenvalue weighted by molar-refractivity contribution is 7.85. The quantitative estimate of drug-likeness (QED) is 0.0546. The molecule has 0 aliphatic rings. The van der Waals surface area contributed by atoms with Crippen LogP contribution in [0, 0.1) is 0 Å². The van der Waals surface area contributed by atoms with Crippen molar-refractivity contribution in [3.63, 3.8) is 0 Å². The number of hydrogen-bond acceptors (Lipinski definition) is 13. The summed E-state index contributed by atoms with van der Waals surface area (Å²) in [5, 5.41) is 12.8. The van der Waals surface area contributed by atoms with Crippen molar-refractivity contribution in [2.75, 3.05) is 21.3 Å². The van der Waals surface area contributed by atoms with Crippen molar-refractivity contribution in [3.05, 3.63) is 187 Å². The highest BCUT2D eigenvalue weighted by Gasteiger charge is 2.13. The van der Waals surface area contributed by atoms with Crippen LogP contribution < -0.4 is 26.0 Å². The Hall–Kier alpha value is -7.75. The van der Waals surface area contributed by atoms with Crippen LogP contribution in [0.5, 0.6) is 11.5 Å². The minimum absolute atomic E-state index is 0.215. The largest absolute Gasteiger partial charge is 0.457 e. The molecule has 2 heterocycles. The number of nitrogens with zero attached hydrogens (tertiary/aromatic N) is 6. The molecule has 8 aromatic rings. The molecule has 61 heavy (non-hydrogen) atoms. The van der Waals surface area contributed by atoms with Crippen LogP contribution in [-0.2, 0) is 35.8 Å². The summed E-state index contributed by atoms with van der Waals surface area (Å²) >= 11 is 0. The lowest BCUT2D eigenvalue weighted by Gasteiger charge is -2.11. The van der Waals surface area contributed by atoms with Crippen LogP contribution in [0.2, 0.25) is 0 Å². The maximum Gasteiger partial charge on any atom is 0.294 e. The Balaban J connectivity index is 0.888. The Morgan fingerprint density at radius 3 is 1.15 bits per heavy atom. The van der Waals surface area contributed by atoms with E-state index in [1.54, 1.807) is 6.07 Å². The summed E-state index contributed by atoms with van der Waals surface area (Å²) in [7, 11) is -4.39. The molecular weight excluding hydrogens is 789 g/mol. The third-order valence-electron chi connectivity index (χ3n) is 9.20. The van der Waals surface area contributed by atoms with Gasteiger partial charge >= 0.3 is 0 Å². The summed E-state index contributed by atoms with van der Waals surface area (Å²) in [6, 6.07) is 50.7. The minimum atomic E-state index is -4.39. The second kappa shape index (κ2) is 18.9. The zero-order valence-corrected chi connectivity index (χ0v) is 33.5. The van der Waals surface area contributed by atoms with E-state index in [1.807, 2.05) is 140 Å². The van der Waals surface area contributed by atoms with Crippen LogP contribution in [0.25, 0.3) is 0 Å². The molecule has 0 atom stereocenters. The molecule has 304 valence electrons. The lowest BCUT2D eigenvalue weighted by Crippen LogP contribution is -2.09. The van der Waals surface area contributed by atoms with Gasteiger partial charge in [0.2, 0.25) is 23.8 Å². The van der Waals surface area contributed by atoms with Crippen LogP contribution in [-0.4, -0.2) is 42.9 Å². The molecule has 6 aromatic carbocycles. The predicted molar refractivity (Wildman–Crippen MR) is 236 cm³/mol. The molecule has 0 aliphatic carbocycles. The SMILES string of the molecule is O=S(=O)(O)c1cccc(Nc2nc(CCc3ccc(Oc4ccc(CCc5nc(Nc6ccccc6)nc(Nc6ccccc6)n5)cc4)cc3)nc(Nc3ccccc3)n2)c1. The first kappa shape index (κ1) is 40.0. The van der Waals surface area contributed by atoms with Gasteiger partial charge in [-0.2, -0.15) is 38.3 Å². The van der Waals surface area contributed by atoms with E-state index in [9.17, 15) is 13.0 Å². The van der Waals surface area contributed by atoms with Gasteiger partial charge in [-0.15, -0.1) is 0 Å². The molecule has 0 bridgehead atoms. The number of benzene rings is 6. The van der Waals surface area contributed by atoms with Crippen molar-refractivity contribution in [3.8, 4) is 11.5 Å². The first-order valence-electron chi connectivity index (χ1n) is 19.4. The van der Waals surface area contributed by atoms with Crippen molar-refractivity contribution in [2.45, 2.75) is 30.6 Å². The number of aryl methyl sites for hydroxylation is 4. The van der Waals surface area contributed by atoms with E-state index in [1.165, 1.54) is 18.2 Å². The molecule has 0 spiro atoms. The minimum Gasteiger partial charge on any atom is -0.457 e. The van der Waals surface area contributed by atoms with Gasteiger partial charge in [-0.1, -0.05) is 84.9 Å². The van der Waals surface area contributed by atoms with Gasteiger partial charge in [0.1, 0.15) is 23.1 Å². The van der Waals surface area contributed by atoms with Crippen LogP contribution in [0.15, 0.2) is 169 Å². The smallest absolute Gasteiger partial charge is 0.294 e. The molecule has 0 radical (unpaired) electrons. The zero-order chi connectivity index (χ0) is 41.9. The van der Waals surface area contributed by atoms with E-state index in [4.69, 9.17) is 14.7 Å². The van der Waals surface area contributed by atoms with E-state index >= 15 is 0 Å². The van der Waals surface area contributed by atoms with Crippen molar-refractivity contribution in [2.24, 2.45) is 0 Å². The number of hydrogen-bond donors (Lipinski definition) is 5. The van der Waals surface area contributed by atoms with Crippen molar-refractivity contribution in [1.82, 2.24) is 29.9 Å². The highest BCUT2D eigenvalue weighted by Crippen LogP contribution is 2.25. The van der Waals surface area contributed by atoms with Gasteiger partial charge < -0.3 is 26.0 Å². The average molecular weight is 829 g/mol. The van der Waals surface area contributed by atoms with Gasteiger partial charge in [-0.25, -0.2) is 0 Å². The van der Waals surface area contributed by atoms with Crippen molar-refractivity contribution < 1.29 is 17.7 Å². The fraction of sp³-hybridized carbons (Fsp3) is 0.0870. The molecular formula is C46H40N10O4S. The third-order valence-corrected chi connectivity index (χ3v) is 10.0. The molecule has 0 aliphatic heterocycles. The molecule has 8 rings (SSSR count). The Morgan fingerprint density at radius 1 is 0.410 bits per heavy atom. The summed E-state index contributed by atoms with van der Waals surface area (Å²) in [6.07, 6.45) is 2.46. The molecule has 0 amide bonds. The van der Waals surface area contributed by atoms with Gasteiger partial charge in [-0.3, -0.25) is 4.55 Å². The summed E-state index contributed by atoms with van der Waals surface area (Å²) in [6.45, 7) is 0. The molecule has 14 nitrogen and oxygen atoms in total. The van der Waals surface area contributed by atoms with Crippen molar-refractivity contribution in [1.29, 1.82) is 0 Å². The molecule has 0 saturated heterocycles. The predicted octanol–water partition coefficient (Wildman–Crippen LogP) is 9.64. The maximum atomic E-state index is 11.7. The summed E-state index contributed by atoms with van der Waals surface area (Å²) in [5.41, 5.74) is 5.12. The number of nitrogens with one attached hydrogen (secondary N) is 4. The lowest BCUT2D eigenvalue weighted by atomic mass is 10.1. The standard InChI is InChI=1S/C46H40N10O4S/c57-61(58,59)40-18-10-17-37(31-40)50-46-54-42(53-45(56-46)49-36-15-8-3-9-16-36)30-24-33-21-27-39(28-22-33)60-38-25-19-32(20-26-38)23-29-41-51-43(47-34-11-4-1-5-12-34)55-44(52-41)48-35-13-6-2-7-14-35/h1-22,25-28,31H,23-24,29-30H2,(H,57,58,59)(H2,47,48,51,52,55)(H2,49,50,53,54,56). The molecule has 0 saturated carbocycles. The Kier molecular flexibility index (Phi) is 12.4. The number of aromatic nitrogens is 6. The summed E-state index contributed by atoms with van der Waals surface area (Å²) in [4.78, 5) is 27.5. The van der Waals surface area contributed by atoms with Crippen LogP contribution >= 0.6 is 0 Å². The Labute approximate surface area is 353 Å². The number of para-hydroxylation sites is 3. The average Bonchev–Trinajstić information content (AvgIpc) is 3.27. The van der Waals surface area contributed by atoms with Crippen LogP contribution in [0.4, 0.5) is 46.5 Å². The normalized spacial score (nSPS) is 11.1. The number of rotatable bonds is 17. The van der Waals surface area contributed by atoms with Gasteiger partial charge in [0.05, 0.1) is 4.90 Å². The zero-order valence-electron chi connectivity index (χ0n) is 32.7. The Bertz CT molecular complexity index is 2740. The maximum absolute atomic E-state index is 11.7. The monoisotopic (exact) mass is 828 g/mol. The van der Waals surface area contributed by atoms with E-state index in [-0.39, 0.29) is 10.8 Å². The summed E-state index contributed by atoms with van der Waals surface area (Å²) < 4.78 is 39.1.